The van der Waals surface area contributed by atoms with E-state index in [9.17, 15) is 9.59 Å². The summed E-state index contributed by atoms with van der Waals surface area (Å²) in [6, 6.07) is 4.99. The zero-order chi connectivity index (χ0) is 16.6. The summed E-state index contributed by atoms with van der Waals surface area (Å²) in [7, 11) is 0. The third-order valence-corrected chi connectivity index (χ3v) is 4.75. The van der Waals surface area contributed by atoms with E-state index in [1.807, 2.05) is 13.0 Å². The van der Waals surface area contributed by atoms with Crippen LogP contribution in [0.4, 0.5) is 0 Å². The maximum atomic E-state index is 11.7. The van der Waals surface area contributed by atoms with Crippen molar-refractivity contribution < 1.29 is 19.4 Å². The molecule has 3 rings (SSSR count). The Morgan fingerprint density at radius 1 is 1.52 bits per heavy atom. The number of ether oxygens (including phenoxy) is 1. The minimum Gasteiger partial charge on any atom is -0.486 e. The standard InChI is InChI=1S/C16H13NO4S2/c1-8-6-9(15(19)20)2-4-11(8)12-5-3-10(21-12)7-13-14(18)17-16(22)23-13/h2-4,6-7,12H,5H2,1H3,(H,19,20)(H,17,18,22)/b13-7-. The fourth-order valence-corrected chi connectivity index (χ4v) is 3.51. The molecule has 0 bridgehead atoms. The lowest BCUT2D eigenvalue weighted by Gasteiger charge is -2.15. The summed E-state index contributed by atoms with van der Waals surface area (Å²) in [5.41, 5.74) is 2.07. The summed E-state index contributed by atoms with van der Waals surface area (Å²) in [5.74, 6) is -0.537. The highest BCUT2D eigenvalue weighted by Crippen LogP contribution is 2.35. The average Bonchev–Trinajstić information content (AvgIpc) is 3.06. The van der Waals surface area contributed by atoms with Crippen LogP contribution in [-0.4, -0.2) is 21.3 Å². The third kappa shape index (κ3) is 3.30. The number of nitrogens with one attached hydrogen (secondary N) is 1. The second-order valence-corrected chi connectivity index (χ2v) is 6.90. The lowest BCUT2D eigenvalue weighted by molar-refractivity contribution is -0.115. The van der Waals surface area contributed by atoms with Crippen LogP contribution in [0.5, 0.6) is 0 Å². The summed E-state index contributed by atoms with van der Waals surface area (Å²) in [6.07, 6.45) is 4.09. The van der Waals surface area contributed by atoms with Crippen molar-refractivity contribution in [2.24, 2.45) is 0 Å². The quantitative estimate of drug-likeness (QED) is 0.646. The van der Waals surface area contributed by atoms with Crippen LogP contribution in [0.15, 0.2) is 41.0 Å². The summed E-state index contributed by atoms with van der Waals surface area (Å²) < 4.78 is 6.32. The van der Waals surface area contributed by atoms with Crippen molar-refractivity contribution in [3.8, 4) is 0 Å². The minimum atomic E-state index is -0.948. The van der Waals surface area contributed by atoms with E-state index in [0.717, 1.165) is 11.1 Å². The van der Waals surface area contributed by atoms with Crippen LogP contribution in [0.25, 0.3) is 0 Å². The van der Waals surface area contributed by atoms with Crippen molar-refractivity contribution >= 4 is 40.2 Å². The van der Waals surface area contributed by atoms with E-state index in [4.69, 9.17) is 22.1 Å². The molecule has 1 unspecified atom stereocenters. The Hall–Kier alpha value is -2.12. The summed E-state index contributed by atoms with van der Waals surface area (Å²) in [4.78, 5) is 23.2. The molecule has 7 heteroatoms. The fraction of sp³-hybridized carbons (Fsp3) is 0.188. The van der Waals surface area contributed by atoms with Gasteiger partial charge < -0.3 is 15.2 Å². The van der Waals surface area contributed by atoms with E-state index in [1.165, 1.54) is 11.8 Å². The Morgan fingerprint density at radius 2 is 2.30 bits per heavy atom. The van der Waals surface area contributed by atoms with E-state index in [-0.39, 0.29) is 17.6 Å². The first kappa shape index (κ1) is 15.8. The molecule has 0 aromatic heterocycles. The van der Waals surface area contributed by atoms with Gasteiger partial charge in [0, 0.05) is 6.42 Å². The number of thiocarbonyl (C=S) groups is 1. The monoisotopic (exact) mass is 347 g/mol. The Kier molecular flexibility index (Phi) is 4.23. The number of rotatable bonds is 3. The number of hydrogen-bond acceptors (Lipinski definition) is 5. The number of carbonyl (C=O) groups is 2. The summed E-state index contributed by atoms with van der Waals surface area (Å²) in [5, 5.41) is 11.6. The maximum Gasteiger partial charge on any atom is 0.335 e. The SMILES string of the molecule is Cc1cc(C(=O)O)ccc1C1CC=C(/C=C2\SC(=S)NC2=O)O1. The van der Waals surface area contributed by atoms with Crippen LogP contribution < -0.4 is 5.32 Å². The molecular weight excluding hydrogens is 334 g/mol. The molecule has 1 fully saturated rings. The number of carboxylic acids is 1. The molecule has 2 aliphatic rings. The Bertz CT molecular complexity index is 782. The van der Waals surface area contributed by atoms with Gasteiger partial charge in [0.15, 0.2) is 0 Å². The predicted molar refractivity (Wildman–Crippen MR) is 91.1 cm³/mol. The zero-order valence-corrected chi connectivity index (χ0v) is 13.8. The van der Waals surface area contributed by atoms with Gasteiger partial charge in [0.05, 0.1) is 10.5 Å². The lowest BCUT2D eigenvalue weighted by atomic mass is 9.99. The number of aromatic carboxylic acids is 1. The maximum absolute atomic E-state index is 11.7. The molecule has 2 N–H and O–H groups in total. The number of carboxylic acid groups (broad SMARTS) is 1. The van der Waals surface area contributed by atoms with Gasteiger partial charge in [-0.1, -0.05) is 30.0 Å². The van der Waals surface area contributed by atoms with E-state index >= 15 is 0 Å². The van der Waals surface area contributed by atoms with Crippen LogP contribution in [0.3, 0.4) is 0 Å². The van der Waals surface area contributed by atoms with Gasteiger partial charge in [0.25, 0.3) is 5.91 Å². The first-order valence-corrected chi connectivity index (χ1v) is 8.12. The van der Waals surface area contributed by atoms with Gasteiger partial charge in [-0.15, -0.1) is 0 Å². The molecule has 1 aromatic rings. The smallest absolute Gasteiger partial charge is 0.335 e. The van der Waals surface area contributed by atoms with Crippen molar-refractivity contribution in [1.82, 2.24) is 5.32 Å². The zero-order valence-electron chi connectivity index (χ0n) is 12.2. The van der Waals surface area contributed by atoms with E-state index < -0.39 is 5.97 Å². The number of hydrogen-bond donors (Lipinski definition) is 2. The number of amides is 1. The molecule has 118 valence electrons. The Balaban J connectivity index is 1.75. The third-order valence-electron chi connectivity index (χ3n) is 3.59. The molecule has 5 nitrogen and oxygen atoms in total. The fourth-order valence-electron chi connectivity index (χ4n) is 2.49. The second kappa shape index (κ2) is 6.17. The van der Waals surface area contributed by atoms with Gasteiger partial charge in [0.1, 0.15) is 16.2 Å². The molecule has 1 atom stereocenters. The largest absolute Gasteiger partial charge is 0.486 e. The predicted octanol–water partition coefficient (Wildman–Crippen LogP) is 3.07. The molecule has 23 heavy (non-hydrogen) atoms. The first-order chi connectivity index (χ1) is 10.9. The van der Waals surface area contributed by atoms with E-state index in [0.29, 0.717) is 21.4 Å². The van der Waals surface area contributed by atoms with Crippen molar-refractivity contribution in [2.75, 3.05) is 0 Å². The summed E-state index contributed by atoms with van der Waals surface area (Å²) >= 11 is 6.16. The Labute approximate surface area is 142 Å². The van der Waals surface area contributed by atoms with Crippen LogP contribution in [0.2, 0.25) is 0 Å². The number of benzene rings is 1. The lowest BCUT2D eigenvalue weighted by Crippen LogP contribution is -2.17. The molecule has 1 amide bonds. The minimum absolute atomic E-state index is 0.175. The Morgan fingerprint density at radius 3 is 2.91 bits per heavy atom. The number of aryl methyl sites for hydroxylation is 1. The topological polar surface area (TPSA) is 75.6 Å². The number of allylic oxidation sites excluding steroid dienone is 1. The van der Waals surface area contributed by atoms with Crippen molar-refractivity contribution in [1.29, 1.82) is 0 Å². The highest BCUT2D eigenvalue weighted by Gasteiger charge is 2.26. The van der Waals surface area contributed by atoms with Gasteiger partial charge in [0.2, 0.25) is 0 Å². The average molecular weight is 347 g/mol. The first-order valence-electron chi connectivity index (χ1n) is 6.89. The molecular formula is C16H13NO4S2. The molecule has 2 aliphatic heterocycles. The second-order valence-electron chi connectivity index (χ2n) is 5.18. The molecule has 1 saturated heterocycles. The molecule has 0 spiro atoms. The van der Waals surface area contributed by atoms with Crippen LogP contribution in [0, 0.1) is 6.92 Å². The molecule has 1 aromatic carbocycles. The van der Waals surface area contributed by atoms with Gasteiger partial charge in [-0.2, -0.15) is 0 Å². The van der Waals surface area contributed by atoms with Crippen LogP contribution in [-0.2, 0) is 9.53 Å². The van der Waals surface area contributed by atoms with Crippen LogP contribution in [0.1, 0.15) is 34.0 Å². The number of thioether (sulfide) groups is 1. The normalized spacial score (nSPS) is 22.0. The molecule has 2 heterocycles. The van der Waals surface area contributed by atoms with Gasteiger partial charge in [-0.3, -0.25) is 4.79 Å². The van der Waals surface area contributed by atoms with Crippen molar-refractivity contribution in [3.05, 3.63) is 57.7 Å². The van der Waals surface area contributed by atoms with E-state index in [1.54, 1.807) is 24.3 Å². The van der Waals surface area contributed by atoms with Gasteiger partial charge in [-0.05, 0) is 42.3 Å². The van der Waals surface area contributed by atoms with Crippen molar-refractivity contribution in [2.45, 2.75) is 19.4 Å². The van der Waals surface area contributed by atoms with Gasteiger partial charge >= 0.3 is 5.97 Å². The number of carbonyl (C=O) groups excluding carboxylic acids is 1. The molecule has 0 aliphatic carbocycles. The highest BCUT2D eigenvalue weighted by atomic mass is 32.2. The van der Waals surface area contributed by atoms with Crippen LogP contribution >= 0.6 is 24.0 Å². The molecule has 0 saturated carbocycles. The van der Waals surface area contributed by atoms with Gasteiger partial charge in [-0.25, -0.2) is 4.79 Å². The highest BCUT2D eigenvalue weighted by molar-refractivity contribution is 8.26. The molecule has 0 radical (unpaired) electrons. The van der Waals surface area contributed by atoms with E-state index in [2.05, 4.69) is 5.32 Å². The summed E-state index contributed by atoms with van der Waals surface area (Å²) in [6.45, 7) is 1.86. The van der Waals surface area contributed by atoms with Crippen molar-refractivity contribution in [3.63, 3.8) is 0 Å².